The van der Waals surface area contributed by atoms with Crippen LogP contribution in [-0.2, 0) is 9.53 Å². The van der Waals surface area contributed by atoms with Gasteiger partial charge in [-0.15, -0.1) is 0 Å². The minimum atomic E-state index is 0.0663. The molecule has 1 amide bonds. The monoisotopic (exact) mass is 335 g/mol. The summed E-state index contributed by atoms with van der Waals surface area (Å²) >= 11 is 0. The Labute approximate surface area is 142 Å². The SMILES string of the molecule is COc1ccnc(N2CCN(CC(=O)NCC3CCCO3)CC2)n1. The highest BCUT2D eigenvalue weighted by atomic mass is 16.5. The molecule has 2 saturated heterocycles. The number of amides is 1. The molecule has 0 spiro atoms. The molecule has 3 heterocycles. The molecule has 0 aromatic carbocycles. The normalized spacial score (nSPS) is 21.7. The molecule has 0 aliphatic carbocycles. The predicted octanol–water partition coefficient (Wildman–Crippen LogP) is -0.0976. The third-order valence-corrected chi connectivity index (χ3v) is 4.40. The van der Waals surface area contributed by atoms with Crippen molar-refractivity contribution in [3.63, 3.8) is 0 Å². The predicted molar refractivity (Wildman–Crippen MR) is 89.2 cm³/mol. The molecule has 2 fully saturated rings. The van der Waals surface area contributed by atoms with Gasteiger partial charge >= 0.3 is 0 Å². The lowest BCUT2D eigenvalue weighted by Crippen LogP contribution is -2.50. The van der Waals surface area contributed by atoms with Gasteiger partial charge in [0, 0.05) is 51.6 Å². The third kappa shape index (κ3) is 4.55. The Morgan fingerprint density at radius 3 is 2.96 bits per heavy atom. The lowest BCUT2D eigenvalue weighted by molar-refractivity contribution is -0.122. The van der Waals surface area contributed by atoms with E-state index in [0.717, 1.165) is 45.6 Å². The molecule has 1 N–H and O–H groups in total. The molecule has 8 nitrogen and oxygen atoms in total. The van der Waals surface area contributed by atoms with E-state index in [4.69, 9.17) is 9.47 Å². The van der Waals surface area contributed by atoms with Crippen molar-refractivity contribution in [3.8, 4) is 5.88 Å². The number of methoxy groups -OCH3 is 1. The maximum atomic E-state index is 12.0. The first-order valence-corrected chi connectivity index (χ1v) is 8.47. The highest BCUT2D eigenvalue weighted by molar-refractivity contribution is 5.78. The van der Waals surface area contributed by atoms with Gasteiger partial charge in [-0.05, 0) is 12.8 Å². The summed E-state index contributed by atoms with van der Waals surface area (Å²) in [6.07, 6.45) is 4.02. The van der Waals surface area contributed by atoms with Crippen LogP contribution in [0.25, 0.3) is 0 Å². The van der Waals surface area contributed by atoms with Gasteiger partial charge in [0.25, 0.3) is 0 Å². The number of anilines is 1. The molecule has 0 saturated carbocycles. The second-order valence-electron chi connectivity index (χ2n) is 6.10. The van der Waals surface area contributed by atoms with Gasteiger partial charge < -0.3 is 19.7 Å². The van der Waals surface area contributed by atoms with Crippen LogP contribution in [0.1, 0.15) is 12.8 Å². The van der Waals surface area contributed by atoms with Gasteiger partial charge in [-0.2, -0.15) is 4.98 Å². The van der Waals surface area contributed by atoms with Gasteiger partial charge in [0.05, 0.1) is 19.8 Å². The average molecular weight is 335 g/mol. The van der Waals surface area contributed by atoms with E-state index in [-0.39, 0.29) is 12.0 Å². The molecule has 2 aliphatic heterocycles. The second kappa shape index (κ2) is 8.25. The second-order valence-corrected chi connectivity index (χ2v) is 6.10. The number of rotatable bonds is 6. The highest BCUT2D eigenvalue weighted by Crippen LogP contribution is 2.14. The van der Waals surface area contributed by atoms with Crippen LogP contribution in [0.2, 0.25) is 0 Å². The zero-order valence-electron chi connectivity index (χ0n) is 14.1. The molecule has 0 bridgehead atoms. The van der Waals surface area contributed by atoms with Gasteiger partial charge in [-0.1, -0.05) is 0 Å². The quantitative estimate of drug-likeness (QED) is 0.778. The van der Waals surface area contributed by atoms with E-state index >= 15 is 0 Å². The molecule has 1 aromatic rings. The van der Waals surface area contributed by atoms with Crippen molar-refractivity contribution < 1.29 is 14.3 Å². The first-order valence-electron chi connectivity index (χ1n) is 8.47. The summed E-state index contributed by atoms with van der Waals surface area (Å²) in [7, 11) is 1.60. The van der Waals surface area contributed by atoms with Crippen LogP contribution in [0, 0.1) is 0 Å². The van der Waals surface area contributed by atoms with Gasteiger partial charge in [0.15, 0.2) is 0 Å². The number of hydrogen-bond acceptors (Lipinski definition) is 7. The fourth-order valence-corrected chi connectivity index (χ4v) is 3.00. The minimum absolute atomic E-state index is 0.0663. The fraction of sp³-hybridized carbons (Fsp3) is 0.688. The van der Waals surface area contributed by atoms with Gasteiger partial charge in [-0.3, -0.25) is 9.69 Å². The average Bonchev–Trinajstić information content (AvgIpc) is 3.14. The molecular formula is C16H25N5O3. The number of piperazine rings is 1. The number of aromatic nitrogens is 2. The minimum Gasteiger partial charge on any atom is -0.481 e. The molecule has 3 rings (SSSR count). The smallest absolute Gasteiger partial charge is 0.234 e. The maximum Gasteiger partial charge on any atom is 0.234 e. The number of carbonyl (C=O) groups excluding carboxylic acids is 1. The molecule has 1 atom stereocenters. The van der Waals surface area contributed by atoms with Crippen molar-refractivity contribution in [3.05, 3.63) is 12.3 Å². The summed E-state index contributed by atoms with van der Waals surface area (Å²) in [4.78, 5) is 25.0. The molecule has 24 heavy (non-hydrogen) atoms. The van der Waals surface area contributed by atoms with E-state index in [1.165, 1.54) is 0 Å². The first-order chi connectivity index (χ1) is 11.7. The Morgan fingerprint density at radius 2 is 2.25 bits per heavy atom. The summed E-state index contributed by atoms with van der Waals surface area (Å²) < 4.78 is 10.7. The van der Waals surface area contributed by atoms with Crippen molar-refractivity contribution in [1.29, 1.82) is 0 Å². The standard InChI is InChI=1S/C16H25N5O3/c1-23-15-4-5-17-16(19-15)21-8-6-20(7-9-21)12-14(22)18-11-13-3-2-10-24-13/h4-5,13H,2-3,6-12H2,1H3,(H,18,22). The van der Waals surface area contributed by atoms with Crippen LogP contribution in [0.15, 0.2) is 12.3 Å². The number of ether oxygens (including phenoxy) is 2. The largest absolute Gasteiger partial charge is 0.481 e. The summed E-state index contributed by atoms with van der Waals surface area (Å²) in [5, 5.41) is 2.97. The van der Waals surface area contributed by atoms with E-state index in [1.54, 1.807) is 19.4 Å². The van der Waals surface area contributed by atoms with Crippen LogP contribution < -0.4 is 15.0 Å². The summed E-state index contributed by atoms with van der Waals surface area (Å²) in [6.45, 7) is 5.09. The van der Waals surface area contributed by atoms with E-state index in [1.807, 2.05) is 0 Å². The Hall–Kier alpha value is -1.93. The van der Waals surface area contributed by atoms with Crippen LogP contribution >= 0.6 is 0 Å². The fourth-order valence-electron chi connectivity index (χ4n) is 3.00. The molecule has 8 heteroatoms. The lowest BCUT2D eigenvalue weighted by atomic mass is 10.2. The zero-order valence-corrected chi connectivity index (χ0v) is 14.1. The number of hydrogen-bond donors (Lipinski definition) is 1. The highest BCUT2D eigenvalue weighted by Gasteiger charge is 2.22. The zero-order chi connectivity index (χ0) is 16.8. The number of nitrogens with zero attached hydrogens (tertiary/aromatic N) is 4. The van der Waals surface area contributed by atoms with Crippen molar-refractivity contribution in [2.75, 3.05) is 57.9 Å². The van der Waals surface area contributed by atoms with E-state index in [9.17, 15) is 4.79 Å². The van der Waals surface area contributed by atoms with Crippen LogP contribution in [0.3, 0.4) is 0 Å². The Kier molecular flexibility index (Phi) is 5.81. The number of nitrogens with one attached hydrogen (secondary N) is 1. The van der Waals surface area contributed by atoms with Crippen molar-refractivity contribution in [2.45, 2.75) is 18.9 Å². The van der Waals surface area contributed by atoms with Gasteiger partial charge in [0.2, 0.25) is 17.7 Å². The summed E-state index contributed by atoms with van der Waals surface area (Å²) in [6, 6.07) is 1.73. The van der Waals surface area contributed by atoms with E-state index in [0.29, 0.717) is 24.9 Å². The van der Waals surface area contributed by atoms with Crippen molar-refractivity contribution in [1.82, 2.24) is 20.2 Å². The van der Waals surface area contributed by atoms with Crippen LogP contribution in [0.4, 0.5) is 5.95 Å². The molecular weight excluding hydrogens is 310 g/mol. The van der Waals surface area contributed by atoms with Gasteiger partial charge in [-0.25, -0.2) is 4.98 Å². The van der Waals surface area contributed by atoms with E-state index in [2.05, 4.69) is 25.1 Å². The molecule has 1 aromatic heterocycles. The Morgan fingerprint density at radius 1 is 1.42 bits per heavy atom. The van der Waals surface area contributed by atoms with Crippen LogP contribution in [0.5, 0.6) is 5.88 Å². The van der Waals surface area contributed by atoms with Crippen LogP contribution in [-0.4, -0.2) is 79.9 Å². The maximum absolute atomic E-state index is 12.0. The van der Waals surface area contributed by atoms with Gasteiger partial charge in [0.1, 0.15) is 0 Å². The topological polar surface area (TPSA) is 79.8 Å². The lowest BCUT2D eigenvalue weighted by Gasteiger charge is -2.34. The molecule has 1 unspecified atom stereocenters. The van der Waals surface area contributed by atoms with Crippen molar-refractivity contribution >= 4 is 11.9 Å². The Balaban J connectivity index is 1.40. The molecule has 2 aliphatic rings. The third-order valence-electron chi connectivity index (χ3n) is 4.40. The summed E-state index contributed by atoms with van der Waals surface area (Å²) in [5.74, 6) is 1.31. The molecule has 132 valence electrons. The number of carbonyl (C=O) groups is 1. The first kappa shape index (κ1) is 16.9. The Bertz CT molecular complexity index is 542. The van der Waals surface area contributed by atoms with Crippen molar-refractivity contribution in [2.24, 2.45) is 0 Å². The summed E-state index contributed by atoms with van der Waals surface area (Å²) in [5.41, 5.74) is 0. The molecule has 0 radical (unpaired) electrons. The van der Waals surface area contributed by atoms with E-state index < -0.39 is 0 Å².